The molecule has 6 nitrogen and oxygen atoms in total. The molecular formula is C12H16N2O4. The van der Waals surface area contributed by atoms with Crippen LogP contribution in [0, 0.1) is 0 Å². The van der Waals surface area contributed by atoms with E-state index in [9.17, 15) is 14.7 Å². The van der Waals surface area contributed by atoms with Crippen LogP contribution in [0.5, 0.6) is 0 Å². The molecule has 0 saturated carbocycles. The highest BCUT2D eigenvalue weighted by atomic mass is 16.3. The van der Waals surface area contributed by atoms with Gasteiger partial charge < -0.3 is 19.7 Å². The monoisotopic (exact) mass is 252 g/mol. The number of hydrogen-bond acceptors (Lipinski definition) is 4. The van der Waals surface area contributed by atoms with Crippen LogP contribution in [0.15, 0.2) is 22.8 Å². The summed E-state index contributed by atoms with van der Waals surface area (Å²) in [6, 6.07) is 3.14. The van der Waals surface area contributed by atoms with Crippen molar-refractivity contribution in [2.75, 3.05) is 19.6 Å². The van der Waals surface area contributed by atoms with Gasteiger partial charge in [-0.2, -0.15) is 0 Å². The SMILES string of the molecule is O=C(NCC(=O)N1CCCC(O)C1)c1ccco1. The van der Waals surface area contributed by atoms with E-state index in [1.54, 1.807) is 11.0 Å². The smallest absolute Gasteiger partial charge is 0.287 e. The molecule has 0 radical (unpaired) electrons. The number of nitrogens with one attached hydrogen (secondary N) is 1. The van der Waals surface area contributed by atoms with Gasteiger partial charge in [0.1, 0.15) is 0 Å². The summed E-state index contributed by atoms with van der Waals surface area (Å²) in [5.74, 6) is -0.416. The summed E-state index contributed by atoms with van der Waals surface area (Å²) in [7, 11) is 0. The zero-order valence-corrected chi connectivity index (χ0v) is 9.96. The van der Waals surface area contributed by atoms with Crippen molar-refractivity contribution in [1.82, 2.24) is 10.2 Å². The number of aliphatic hydroxyl groups excluding tert-OH is 1. The highest BCUT2D eigenvalue weighted by Gasteiger charge is 2.22. The van der Waals surface area contributed by atoms with Gasteiger partial charge in [-0.05, 0) is 25.0 Å². The number of carbonyl (C=O) groups excluding carboxylic acids is 2. The second-order valence-corrected chi connectivity index (χ2v) is 4.30. The molecule has 2 rings (SSSR count). The van der Waals surface area contributed by atoms with Crippen molar-refractivity contribution in [3.63, 3.8) is 0 Å². The van der Waals surface area contributed by atoms with Crippen LogP contribution in [0.2, 0.25) is 0 Å². The van der Waals surface area contributed by atoms with Crippen molar-refractivity contribution in [2.45, 2.75) is 18.9 Å². The lowest BCUT2D eigenvalue weighted by Crippen LogP contribution is -2.46. The summed E-state index contributed by atoms with van der Waals surface area (Å²) in [6.07, 6.45) is 2.46. The number of furan rings is 1. The molecule has 18 heavy (non-hydrogen) atoms. The van der Waals surface area contributed by atoms with Crippen LogP contribution in [-0.4, -0.2) is 47.6 Å². The first-order valence-electron chi connectivity index (χ1n) is 5.94. The largest absolute Gasteiger partial charge is 0.459 e. The molecule has 0 aliphatic carbocycles. The summed E-state index contributed by atoms with van der Waals surface area (Å²) < 4.78 is 4.91. The van der Waals surface area contributed by atoms with Crippen molar-refractivity contribution in [2.24, 2.45) is 0 Å². The third-order valence-corrected chi connectivity index (χ3v) is 2.89. The summed E-state index contributed by atoms with van der Waals surface area (Å²) in [6.45, 7) is 0.897. The van der Waals surface area contributed by atoms with Gasteiger partial charge in [0.25, 0.3) is 5.91 Å². The fraction of sp³-hybridized carbons (Fsp3) is 0.500. The van der Waals surface area contributed by atoms with E-state index < -0.39 is 12.0 Å². The highest BCUT2D eigenvalue weighted by Crippen LogP contribution is 2.09. The fourth-order valence-electron chi connectivity index (χ4n) is 1.94. The molecule has 2 amide bonds. The highest BCUT2D eigenvalue weighted by molar-refractivity contribution is 5.94. The zero-order valence-electron chi connectivity index (χ0n) is 9.96. The summed E-state index contributed by atoms with van der Waals surface area (Å²) >= 11 is 0. The molecule has 0 aromatic carbocycles. The number of β-amino-alcohol motifs (C(OH)–C–C–N with tert-alkyl or cyclic N) is 1. The number of hydrogen-bond donors (Lipinski definition) is 2. The van der Waals surface area contributed by atoms with Gasteiger partial charge >= 0.3 is 0 Å². The Morgan fingerprint density at radius 3 is 3.06 bits per heavy atom. The van der Waals surface area contributed by atoms with Crippen LogP contribution < -0.4 is 5.32 Å². The van der Waals surface area contributed by atoms with Crippen molar-refractivity contribution < 1.29 is 19.1 Å². The lowest BCUT2D eigenvalue weighted by Gasteiger charge is -2.30. The Bertz CT molecular complexity index is 416. The van der Waals surface area contributed by atoms with Gasteiger partial charge in [0, 0.05) is 13.1 Å². The van der Waals surface area contributed by atoms with Crippen molar-refractivity contribution >= 4 is 11.8 Å². The molecule has 1 unspecified atom stereocenters. The Morgan fingerprint density at radius 1 is 1.56 bits per heavy atom. The molecule has 1 aliphatic heterocycles. The van der Waals surface area contributed by atoms with Crippen molar-refractivity contribution in [3.05, 3.63) is 24.2 Å². The van der Waals surface area contributed by atoms with Gasteiger partial charge in [-0.25, -0.2) is 0 Å². The van der Waals surface area contributed by atoms with Crippen LogP contribution in [0.3, 0.4) is 0 Å². The predicted octanol–water partition coefficient (Wildman–Crippen LogP) is -0.00730. The van der Waals surface area contributed by atoms with E-state index in [0.717, 1.165) is 12.8 Å². The van der Waals surface area contributed by atoms with Gasteiger partial charge in [0.2, 0.25) is 5.91 Å². The summed E-state index contributed by atoms with van der Waals surface area (Å²) in [5.41, 5.74) is 0. The van der Waals surface area contributed by atoms with E-state index in [1.165, 1.54) is 12.3 Å². The molecule has 1 aromatic heterocycles. The minimum Gasteiger partial charge on any atom is -0.459 e. The van der Waals surface area contributed by atoms with E-state index in [4.69, 9.17) is 4.42 Å². The molecule has 1 atom stereocenters. The van der Waals surface area contributed by atoms with Crippen molar-refractivity contribution in [3.8, 4) is 0 Å². The first-order valence-corrected chi connectivity index (χ1v) is 5.94. The number of carbonyl (C=O) groups is 2. The minimum absolute atomic E-state index is 0.0771. The molecule has 1 fully saturated rings. The number of amides is 2. The number of rotatable bonds is 3. The molecule has 98 valence electrons. The lowest BCUT2D eigenvalue weighted by atomic mass is 10.1. The Labute approximate surface area is 105 Å². The number of piperidine rings is 1. The van der Waals surface area contributed by atoms with Gasteiger partial charge in [-0.1, -0.05) is 0 Å². The second-order valence-electron chi connectivity index (χ2n) is 4.30. The van der Waals surface area contributed by atoms with E-state index >= 15 is 0 Å². The predicted molar refractivity (Wildman–Crippen MR) is 62.9 cm³/mol. The molecule has 2 N–H and O–H groups in total. The van der Waals surface area contributed by atoms with Gasteiger partial charge in [0.05, 0.1) is 18.9 Å². The Kier molecular flexibility index (Phi) is 3.99. The first kappa shape index (κ1) is 12.6. The van der Waals surface area contributed by atoms with Gasteiger partial charge in [-0.15, -0.1) is 0 Å². The minimum atomic E-state index is -0.455. The second kappa shape index (κ2) is 5.68. The third kappa shape index (κ3) is 3.10. The van der Waals surface area contributed by atoms with E-state index in [1.807, 2.05) is 0 Å². The molecular weight excluding hydrogens is 236 g/mol. The topological polar surface area (TPSA) is 82.8 Å². The number of nitrogens with zero attached hydrogens (tertiary/aromatic N) is 1. The van der Waals surface area contributed by atoms with Gasteiger partial charge in [-0.3, -0.25) is 9.59 Å². The Morgan fingerprint density at radius 2 is 2.39 bits per heavy atom. The average Bonchev–Trinajstić information content (AvgIpc) is 2.89. The average molecular weight is 252 g/mol. The van der Waals surface area contributed by atoms with E-state index in [-0.39, 0.29) is 18.2 Å². The van der Waals surface area contributed by atoms with Crippen LogP contribution in [0.4, 0.5) is 0 Å². The molecule has 1 aliphatic rings. The van der Waals surface area contributed by atoms with E-state index in [0.29, 0.717) is 13.1 Å². The Hall–Kier alpha value is -1.82. The third-order valence-electron chi connectivity index (χ3n) is 2.89. The quantitative estimate of drug-likeness (QED) is 0.792. The molecule has 0 bridgehead atoms. The molecule has 0 spiro atoms. The van der Waals surface area contributed by atoms with Crippen LogP contribution in [0.25, 0.3) is 0 Å². The fourth-order valence-corrected chi connectivity index (χ4v) is 1.94. The van der Waals surface area contributed by atoms with Crippen LogP contribution in [-0.2, 0) is 4.79 Å². The number of likely N-dealkylation sites (tertiary alicyclic amines) is 1. The van der Waals surface area contributed by atoms with E-state index in [2.05, 4.69) is 5.32 Å². The zero-order chi connectivity index (χ0) is 13.0. The summed E-state index contributed by atoms with van der Waals surface area (Å²) in [4.78, 5) is 24.9. The Balaban J connectivity index is 1.79. The molecule has 6 heteroatoms. The maximum atomic E-state index is 11.8. The van der Waals surface area contributed by atoms with Crippen LogP contribution in [0.1, 0.15) is 23.4 Å². The molecule has 2 heterocycles. The maximum Gasteiger partial charge on any atom is 0.287 e. The van der Waals surface area contributed by atoms with Crippen LogP contribution >= 0.6 is 0 Å². The standard InChI is InChI=1S/C12H16N2O4/c15-9-3-1-5-14(8-9)11(16)7-13-12(17)10-4-2-6-18-10/h2,4,6,9,15H,1,3,5,7-8H2,(H,13,17). The molecule has 1 saturated heterocycles. The number of aliphatic hydroxyl groups is 1. The van der Waals surface area contributed by atoms with Gasteiger partial charge in [0.15, 0.2) is 5.76 Å². The van der Waals surface area contributed by atoms with Crippen molar-refractivity contribution in [1.29, 1.82) is 0 Å². The maximum absolute atomic E-state index is 11.8. The normalized spacial score (nSPS) is 19.6. The first-order chi connectivity index (χ1) is 8.66. The molecule has 1 aromatic rings. The lowest BCUT2D eigenvalue weighted by molar-refractivity contribution is -0.133. The summed E-state index contributed by atoms with van der Waals surface area (Å²) in [5, 5.41) is 12.0.